The summed E-state index contributed by atoms with van der Waals surface area (Å²) in [5, 5.41) is 33.1. The van der Waals surface area contributed by atoms with E-state index in [1.54, 1.807) is 24.1 Å². The zero-order valence-electron chi connectivity index (χ0n) is 13.1. The minimum atomic E-state index is -1.39. The van der Waals surface area contributed by atoms with Crippen molar-refractivity contribution in [2.75, 3.05) is 6.61 Å². The van der Waals surface area contributed by atoms with Crippen molar-refractivity contribution in [2.24, 2.45) is 12.8 Å². The van der Waals surface area contributed by atoms with Gasteiger partial charge in [-0.2, -0.15) is 4.98 Å². The Hall–Kier alpha value is -2.78. The number of nitrogens with zero attached hydrogens (tertiary/aromatic N) is 5. The Kier molecular flexibility index (Phi) is 4.51. The summed E-state index contributed by atoms with van der Waals surface area (Å²) in [4.78, 5) is 19.3. The number of imidazole rings is 1. The molecular weight excluding hydrogens is 332 g/mol. The Morgan fingerprint density at radius 2 is 2.16 bits per heavy atom. The minimum absolute atomic E-state index is 0.00528. The van der Waals surface area contributed by atoms with Crippen LogP contribution in [0.3, 0.4) is 0 Å². The number of carbonyl (C=O) groups is 1. The van der Waals surface area contributed by atoms with E-state index in [9.17, 15) is 20.1 Å². The normalized spacial score (nSPS) is 25.6. The molecule has 25 heavy (non-hydrogen) atoms. The summed E-state index contributed by atoms with van der Waals surface area (Å²) in [5.41, 5.74) is 5.64. The second kappa shape index (κ2) is 6.61. The van der Waals surface area contributed by atoms with Crippen LogP contribution in [0.4, 0.5) is 0 Å². The highest BCUT2D eigenvalue weighted by molar-refractivity contribution is 5.88. The van der Waals surface area contributed by atoms with Gasteiger partial charge in [0, 0.05) is 13.2 Å². The van der Waals surface area contributed by atoms with Crippen LogP contribution in [0.5, 0.6) is 0 Å². The maximum Gasteiger partial charge on any atom is 0.288 e. The van der Waals surface area contributed by atoms with Crippen molar-refractivity contribution in [3.63, 3.8) is 0 Å². The van der Waals surface area contributed by atoms with Gasteiger partial charge < -0.3 is 30.4 Å². The summed E-state index contributed by atoms with van der Waals surface area (Å²) in [6, 6.07) is 0. The number of rotatable bonds is 3. The van der Waals surface area contributed by atoms with Gasteiger partial charge in [-0.3, -0.25) is 4.79 Å². The number of aryl methyl sites for hydroxylation is 1. The van der Waals surface area contributed by atoms with E-state index in [2.05, 4.69) is 26.9 Å². The molecule has 3 rings (SSSR count). The van der Waals surface area contributed by atoms with Crippen LogP contribution < -0.4 is 5.73 Å². The SMILES string of the molecule is Cn1cnc(C#Cc2nc(C(N)=O)nn2[C@@H]2O[C@H](CO)[C@@H](O)[C@H]2O)c1. The van der Waals surface area contributed by atoms with Crippen molar-refractivity contribution >= 4 is 5.91 Å². The lowest BCUT2D eigenvalue weighted by Gasteiger charge is -2.15. The minimum Gasteiger partial charge on any atom is -0.394 e. The molecular formula is C14H16N6O5. The molecule has 1 fully saturated rings. The van der Waals surface area contributed by atoms with Crippen LogP contribution in [0.2, 0.25) is 0 Å². The number of ether oxygens (including phenoxy) is 1. The molecule has 2 aromatic heterocycles. The van der Waals surface area contributed by atoms with E-state index < -0.39 is 37.1 Å². The summed E-state index contributed by atoms with van der Waals surface area (Å²) < 4.78 is 8.14. The molecule has 1 aliphatic rings. The third-order valence-electron chi connectivity index (χ3n) is 3.62. The molecule has 0 aromatic carbocycles. The van der Waals surface area contributed by atoms with Crippen LogP contribution in [0, 0.1) is 11.8 Å². The lowest BCUT2D eigenvalue weighted by molar-refractivity contribution is -0.0592. The molecule has 0 radical (unpaired) electrons. The number of aliphatic hydroxyl groups excluding tert-OH is 3. The lowest BCUT2D eigenvalue weighted by Crippen LogP contribution is -2.33. The van der Waals surface area contributed by atoms with E-state index in [-0.39, 0.29) is 11.6 Å². The fraction of sp³-hybridized carbons (Fsp3) is 0.429. The van der Waals surface area contributed by atoms with Gasteiger partial charge in [0.2, 0.25) is 11.6 Å². The van der Waals surface area contributed by atoms with Gasteiger partial charge in [0.25, 0.3) is 5.91 Å². The van der Waals surface area contributed by atoms with Crippen molar-refractivity contribution in [3.8, 4) is 11.8 Å². The van der Waals surface area contributed by atoms with Gasteiger partial charge in [-0.05, 0) is 11.8 Å². The molecule has 132 valence electrons. The molecule has 0 bridgehead atoms. The average molecular weight is 348 g/mol. The Labute approximate surface area is 141 Å². The Morgan fingerprint density at radius 3 is 2.72 bits per heavy atom. The fourth-order valence-electron chi connectivity index (χ4n) is 2.37. The summed E-state index contributed by atoms with van der Waals surface area (Å²) in [6.07, 6.45) is -1.66. The van der Waals surface area contributed by atoms with Crippen LogP contribution >= 0.6 is 0 Å². The first-order valence-electron chi connectivity index (χ1n) is 7.29. The van der Waals surface area contributed by atoms with Gasteiger partial charge in [0.1, 0.15) is 24.0 Å². The quantitative estimate of drug-likeness (QED) is 0.430. The smallest absolute Gasteiger partial charge is 0.288 e. The predicted octanol–water partition coefficient (Wildman–Crippen LogP) is -2.88. The van der Waals surface area contributed by atoms with Crippen molar-refractivity contribution < 1.29 is 24.9 Å². The first-order chi connectivity index (χ1) is 11.9. The predicted molar refractivity (Wildman–Crippen MR) is 80.7 cm³/mol. The maximum absolute atomic E-state index is 11.4. The molecule has 5 N–H and O–H groups in total. The van der Waals surface area contributed by atoms with Crippen molar-refractivity contribution in [1.82, 2.24) is 24.3 Å². The first-order valence-corrected chi connectivity index (χ1v) is 7.29. The molecule has 4 atom stereocenters. The van der Waals surface area contributed by atoms with Crippen LogP contribution in [0.15, 0.2) is 12.5 Å². The van der Waals surface area contributed by atoms with Gasteiger partial charge in [-0.15, -0.1) is 5.10 Å². The number of nitrogens with two attached hydrogens (primary N) is 1. The Morgan fingerprint density at radius 1 is 1.40 bits per heavy atom. The van der Waals surface area contributed by atoms with E-state index in [0.717, 1.165) is 4.68 Å². The molecule has 0 aliphatic carbocycles. The van der Waals surface area contributed by atoms with Gasteiger partial charge in [0.05, 0.1) is 12.9 Å². The number of carbonyl (C=O) groups excluding carboxylic acids is 1. The van der Waals surface area contributed by atoms with Gasteiger partial charge in [-0.25, -0.2) is 9.67 Å². The third-order valence-corrected chi connectivity index (χ3v) is 3.62. The molecule has 3 heterocycles. The summed E-state index contributed by atoms with van der Waals surface area (Å²) in [7, 11) is 1.78. The van der Waals surface area contributed by atoms with Crippen LogP contribution in [0.1, 0.15) is 28.4 Å². The number of hydrogen-bond acceptors (Lipinski definition) is 8. The highest BCUT2D eigenvalue weighted by atomic mass is 16.6. The zero-order chi connectivity index (χ0) is 18.1. The lowest BCUT2D eigenvalue weighted by atomic mass is 10.1. The zero-order valence-corrected chi connectivity index (χ0v) is 13.1. The summed E-state index contributed by atoms with van der Waals surface area (Å²) in [5.74, 6) is 4.22. The highest BCUT2D eigenvalue weighted by Gasteiger charge is 2.44. The molecule has 11 nitrogen and oxygen atoms in total. The van der Waals surface area contributed by atoms with E-state index in [1.807, 2.05) is 0 Å². The molecule has 0 spiro atoms. The van der Waals surface area contributed by atoms with E-state index in [4.69, 9.17) is 10.5 Å². The molecule has 0 saturated carbocycles. The molecule has 11 heteroatoms. The van der Waals surface area contributed by atoms with Crippen molar-refractivity contribution in [1.29, 1.82) is 0 Å². The van der Waals surface area contributed by atoms with Gasteiger partial charge >= 0.3 is 0 Å². The summed E-state index contributed by atoms with van der Waals surface area (Å²) in [6.45, 7) is -0.499. The highest BCUT2D eigenvalue weighted by Crippen LogP contribution is 2.29. The van der Waals surface area contributed by atoms with Gasteiger partial charge in [0.15, 0.2) is 6.23 Å². The number of aliphatic hydroxyl groups is 3. The molecule has 1 aliphatic heterocycles. The standard InChI is InChI=1S/C14H16N6O5/c1-19-4-7(16-6-19)2-3-9-17-13(12(15)24)18-20(9)14-11(23)10(22)8(5-21)25-14/h4,6,8,10-11,14,21-23H,5H2,1H3,(H2,15,24)/t8-,10-,11-,14-/m1/s1. The Balaban J connectivity index is 1.98. The van der Waals surface area contributed by atoms with E-state index in [1.165, 1.54) is 0 Å². The Bertz CT molecular complexity index is 850. The topological polar surface area (TPSA) is 162 Å². The number of amides is 1. The van der Waals surface area contributed by atoms with Crippen LogP contribution in [-0.2, 0) is 11.8 Å². The monoisotopic (exact) mass is 348 g/mol. The number of hydrogen-bond donors (Lipinski definition) is 4. The molecule has 1 saturated heterocycles. The third kappa shape index (κ3) is 3.24. The maximum atomic E-state index is 11.4. The molecule has 2 aromatic rings. The van der Waals surface area contributed by atoms with Crippen LogP contribution in [0.25, 0.3) is 0 Å². The largest absolute Gasteiger partial charge is 0.394 e. The van der Waals surface area contributed by atoms with E-state index >= 15 is 0 Å². The van der Waals surface area contributed by atoms with Crippen molar-refractivity contribution in [2.45, 2.75) is 24.5 Å². The molecule has 0 unspecified atom stereocenters. The second-order valence-electron chi connectivity index (χ2n) is 5.47. The average Bonchev–Trinajstić information content (AvgIpc) is 3.25. The van der Waals surface area contributed by atoms with E-state index in [0.29, 0.717) is 5.69 Å². The second-order valence-corrected chi connectivity index (χ2v) is 5.47. The van der Waals surface area contributed by atoms with Gasteiger partial charge in [-0.1, -0.05) is 0 Å². The first kappa shape index (κ1) is 17.1. The van der Waals surface area contributed by atoms with Crippen LogP contribution in [-0.4, -0.2) is 70.5 Å². The summed E-state index contributed by atoms with van der Waals surface area (Å²) >= 11 is 0. The number of primary amides is 1. The number of aromatic nitrogens is 5. The van der Waals surface area contributed by atoms with Crippen molar-refractivity contribution in [3.05, 3.63) is 29.9 Å². The fourth-order valence-corrected chi connectivity index (χ4v) is 2.37. The molecule has 1 amide bonds.